The molecule has 1 unspecified atom stereocenters. The van der Waals surface area contributed by atoms with Crippen molar-refractivity contribution in [2.75, 3.05) is 20.8 Å². The quantitative estimate of drug-likeness (QED) is 0.799. The molecule has 4 nitrogen and oxygen atoms in total. The highest BCUT2D eigenvalue weighted by molar-refractivity contribution is 5.98. The minimum atomic E-state index is -0.00483. The first-order valence-corrected chi connectivity index (χ1v) is 7.58. The number of methoxy groups -OCH3 is 2. The lowest BCUT2D eigenvalue weighted by Crippen LogP contribution is -2.47. The van der Waals surface area contributed by atoms with Crippen LogP contribution in [0.2, 0.25) is 0 Å². The van der Waals surface area contributed by atoms with E-state index < -0.39 is 0 Å². The first kappa shape index (κ1) is 14.4. The summed E-state index contributed by atoms with van der Waals surface area (Å²) in [6, 6.07) is 5.40. The molecule has 2 aliphatic rings. The van der Waals surface area contributed by atoms with Gasteiger partial charge in [0.25, 0.3) is 0 Å². The van der Waals surface area contributed by atoms with E-state index in [1.807, 2.05) is 6.07 Å². The zero-order chi connectivity index (χ0) is 14.9. The molecule has 1 heterocycles. The smallest absolute Gasteiger partial charge is 0.166 e. The van der Waals surface area contributed by atoms with E-state index in [9.17, 15) is 4.79 Å². The van der Waals surface area contributed by atoms with Gasteiger partial charge in [-0.1, -0.05) is 0 Å². The summed E-state index contributed by atoms with van der Waals surface area (Å²) in [5.74, 6) is 1.52. The Bertz CT molecular complexity index is 534. The van der Waals surface area contributed by atoms with Gasteiger partial charge in [-0.15, -0.1) is 0 Å². The number of hydrogen-bond donors (Lipinski definition) is 0. The monoisotopic (exact) mass is 290 g/mol. The lowest BCUT2D eigenvalue weighted by atomic mass is 9.70. The van der Waals surface area contributed by atoms with E-state index in [0.29, 0.717) is 23.7 Å². The average molecular weight is 290 g/mol. The third kappa shape index (κ3) is 2.64. The van der Waals surface area contributed by atoms with Gasteiger partial charge in [-0.05, 0) is 50.3 Å². The number of benzene rings is 1. The van der Waals surface area contributed by atoms with E-state index in [0.717, 1.165) is 25.7 Å². The molecule has 2 fully saturated rings. The molecule has 1 atom stereocenters. The van der Waals surface area contributed by atoms with Gasteiger partial charge in [0.2, 0.25) is 0 Å². The van der Waals surface area contributed by atoms with Crippen LogP contribution in [-0.2, 0) is 4.74 Å². The molecule has 0 N–H and O–H groups in total. The summed E-state index contributed by atoms with van der Waals surface area (Å²) in [7, 11) is 3.18. The molecule has 1 saturated heterocycles. The maximum atomic E-state index is 12.7. The summed E-state index contributed by atoms with van der Waals surface area (Å²) in [5.41, 5.74) is 0.698. The van der Waals surface area contributed by atoms with Crippen molar-refractivity contribution >= 4 is 5.78 Å². The lowest BCUT2D eigenvalue weighted by Gasteiger charge is -2.46. The molecular formula is C17H22O4. The zero-order valence-electron chi connectivity index (χ0n) is 12.7. The van der Waals surface area contributed by atoms with Gasteiger partial charge < -0.3 is 14.2 Å². The van der Waals surface area contributed by atoms with E-state index >= 15 is 0 Å². The SMILES string of the molecule is COc1ccc(C(=O)C2CCOC3(CCC3)C2)cc1OC. The Kier molecular flexibility index (Phi) is 3.89. The fourth-order valence-electron chi connectivity index (χ4n) is 3.40. The van der Waals surface area contributed by atoms with Crippen LogP contribution in [0.4, 0.5) is 0 Å². The molecule has 0 radical (unpaired) electrons. The average Bonchev–Trinajstić information content (AvgIpc) is 2.52. The molecular weight excluding hydrogens is 268 g/mol. The molecule has 114 valence electrons. The van der Waals surface area contributed by atoms with Crippen molar-refractivity contribution in [2.24, 2.45) is 5.92 Å². The number of ether oxygens (including phenoxy) is 3. The van der Waals surface area contributed by atoms with Gasteiger partial charge in [0.05, 0.1) is 19.8 Å². The molecule has 21 heavy (non-hydrogen) atoms. The highest BCUT2D eigenvalue weighted by Gasteiger charge is 2.44. The summed E-state index contributed by atoms with van der Waals surface area (Å²) in [6.07, 6.45) is 5.10. The first-order valence-electron chi connectivity index (χ1n) is 7.58. The van der Waals surface area contributed by atoms with E-state index in [1.54, 1.807) is 26.4 Å². The van der Waals surface area contributed by atoms with Gasteiger partial charge in [-0.25, -0.2) is 0 Å². The van der Waals surface area contributed by atoms with E-state index in [1.165, 1.54) is 6.42 Å². The molecule has 0 bridgehead atoms. The minimum absolute atomic E-state index is 0.00483. The van der Waals surface area contributed by atoms with Crippen LogP contribution in [0.25, 0.3) is 0 Å². The predicted molar refractivity (Wildman–Crippen MR) is 79.1 cm³/mol. The number of ketones is 1. The molecule has 1 aromatic rings. The molecule has 1 spiro atoms. The standard InChI is InChI=1S/C17H22O4/c1-19-14-5-4-12(10-15(14)20-2)16(18)13-6-9-21-17(11-13)7-3-8-17/h4-5,10,13H,3,6-9,11H2,1-2H3. The summed E-state index contributed by atoms with van der Waals surface area (Å²) < 4.78 is 16.4. The molecule has 1 aromatic carbocycles. The normalized spacial score (nSPS) is 23.4. The van der Waals surface area contributed by atoms with Gasteiger partial charge in [0, 0.05) is 18.1 Å². The predicted octanol–water partition coefficient (Wildman–Crippen LogP) is 3.24. The van der Waals surface area contributed by atoms with E-state index in [-0.39, 0.29) is 17.3 Å². The Morgan fingerprint density at radius 2 is 2.00 bits per heavy atom. The summed E-state index contributed by atoms with van der Waals surface area (Å²) in [5, 5.41) is 0. The van der Waals surface area contributed by atoms with Crippen LogP contribution >= 0.6 is 0 Å². The lowest BCUT2D eigenvalue weighted by molar-refractivity contribution is -0.137. The van der Waals surface area contributed by atoms with Gasteiger partial charge >= 0.3 is 0 Å². The second kappa shape index (κ2) is 5.68. The van der Waals surface area contributed by atoms with Crippen molar-refractivity contribution in [1.29, 1.82) is 0 Å². The second-order valence-electron chi connectivity index (χ2n) is 6.01. The number of hydrogen-bond acceptors (Lipinski definition) is 4. The molecule has 3 rings (SSSR count). The highest BCUT2D eigenvalue weighted by Crippen LogP contribution is 2.45. The molecule has 1 aliphatic carbocycles. The Morgan fingerprint density at radius 1 is 1.24 bits per heavy atom. The second-order valence-corrected chi connectivity index (χ2v) is 6.01. The van der Waals surface area contributed by atoms with Crippen LogP contribution in [0, 0.1) is 5.92 Å². The van der Waals surface area contributed by atoms with Gasteiger partial charge in [0.1, 0.15) is 0 Å². The Labute approximate surface area is 125 Å². The highest BCUT2D eigenvalue weighted by atomic mass is 16.5. The molecule has 4 heteroatoms. The van der Waals surface area contributed by atoms with Crippen molar-refractivity contribution in [1.82, 2.24) is 0 Å². The number of Topliss-reactive ketones (excluding diaryl/α,β-unsaturated/α-hetero) is 1. The van der Waals surface area contributed by atoms with Gasteiger partial charge in [-0.3, -0.25) is 4.79 Å². The van der Waals surface area contributed by atoms with Crippen molar-refractivity contribution in [3.05, 3.63) is 23.8 Å². The van der Waals surface area contributed by atoms with Crippen LogP contribution < -0.4 is 9.47 Å². The summed E-state index contributed by atoms with van der Waals surface area (Å²) in [4.78, 5) is 12.7. The Hall–Kier alpha value is -1.55. The van der Waals surface area contributed by atoms with Gasteiger partial charge in [-0.2, -0.15) is 0 Å². The van der Waals surface area contributed by atoms with Crippen LogP contribution in [0.3, 0.4) is 0 Å². The number of rotatable bonds is 4. The third-order valence-electron chi connectivity index (χ3n) is 4.80. The fourth-order valence-corrected chi connectivity index (χ4v) is 3.40. The summed E-state index contributed by atoms with van der Waals surface area (Å²) >= 11 is 0. The van der Waals surface area contributed by atoms with E-state index in [2.05, 4.69) is 0 Å². The molecule has 1 aliphatic heterocycles. The van der Waals surface area contributed by atoms with Gasteiger partial charge in [0.15, 0.2) is 17.3 Å². The first-order chi connectivity index (χ1) is 10.2. The molecule has 0 aromatic heterocycles. The Balaban J connectivity index is 1.78. The zero-order valence-corrected chi connectivity index (χ0v) is 12.7. The van der Waals surface area contributed by atoms with Crippen molar-refractivity contribution < 1.29 is 19.0 Å². The topological polar surface area (TPSA) is 44.8 Å². The van der Waals surface area contributed by atoms with Crippen LogP contribution in [0.5, 0.6) is 11.5 Å². The summed E-state index contributed by atoms with van der Waals surface area (Å²) in [6.45, 7) is 0.698. The maximum absolute atomic E-state index is 12.7. The van der Waals surface area contributed by atoms with Crippen molar-refractivity contribution in [3.63, 3.8) is 0 Å². The third-order valence-corrected chi connectivity index (χ3v) is 4.80. The minimum Gasteiger partial charge on any atom is -0.493 e. The number of carbonyl (C=O) groups excluding carboxylic acids is 1. The van der Waals surface area contributed by atoms with Crippen molar-refractivity contribution in [3.8, 4) is 11.5 Å². The largest absolute Gasteiger partial charge is 0.493 e. The van der Waals surface area contributed by atoms with E-state index in [4.69, 9.17) is 14.2 Å². The van der Waals surface area contributed by atoms with Crippen LogP contribution in [0.1, 0.15) is 42.5 Å². The fraction of sp³-hybridized carbons (Fsp3) is 0.588. The molecule has 0 amide bonds. The van der Waals surface area contributed by atoms with Crippen LogP contribution in [0.15, 0.2) is 18.2 Å². The van der Waals surface area contributed by atoms with Crippen LogP contribution in [-0.4, -0.2) is 32.2 Å². The molecule has 1 saturated carbocycles. The maximum Gasteiger partial charge on any atom is 0.166 e. The Morgan fingerprint density at radius 3 is 2.62 bits per heavy atom. The van der Waals surface area contributed by atoms with Crippen molar-refractivity contribution in [2.45, 2.75) is 37.7 Å². The number of carbonyl (C=O) groups is 1.